The van der Waals surface area contributed by atoms with E-state index in [0.717, 1.165) is 36.3 Å². The summed E-state index contributed by atoms with van der Waals surface area (Å²) >= 11 is 1.81. The van der Waals surface area contributed by atoms with Gasteiger partial charge in [0.2, 0.25) is 0 Å². The van der Waals surface area contributed by atoms with Gasteiger partial charge in [0.15, 0.2) is 0 Å². The van der Waals surface area contributed by atoms with Gasteiger partial charge in [0, 0.05) is 10.8 Å². The van der Waals surface area contributed by atoms with Crippen molar-refractivity contribution in [2.45, 2.75) is 36.7 Å². The molecule has 0 aromatic heterocycles. The quantitative estimate of drug-likeness (QED) is 0.883. The monoisotopic (exact) mass is 275 g/mol. The molecule has 2 atom stereocenters. The van der Waals surface area contributed by atoms with Crippen molar-refractivity contribution < 1.29 is 13.2 Å². The van der Waals surface area contributed by atoms with Crippen LogP contribution in [-0.2, 0) is 6.18 Å². The van der Waals surface area contributed by atoms with Crippen LogP contribution in [0.2, 0.25) is 0 Å². The topological polar surface area (TPSA) is 26.0 Å². The average molecular weight is 275 g/mol. The predicted octanol–water partition coefficient (Wildman–Crippen LogP) is 3.99. The van der Waals surface area contributed by atoms with E-state index in [1.54, 1.807) is 0 Å². The number of halogens is 3. The molecule has 5 heteroatoms. The van der Waals surface area contributed by atoms with Crippen LogP contribution in [0.25, 0.3) is 0 Å². The van der Waals surface area contributed by atoms with Gasteiger partial charge in [-0.05, 0) is 43.2 Å². The normalized spacial score (nSPS) is 26.3. The van der Waals surface area contributed by atoms with E-state index in [1.165, 1.54) is 12.1 Å². The van der Waals surface area contributed by atoms with Crippen LogP contribution in [0.1, 0.15) is 36.9 Å². The maximum Gasteiger partial charge on any atom is 0.416 e. The number of rotatable bonds is 2. The first-order chi connectivity index (χ1) is 8.33. The molecule has 1 fully saturated rings. The smallest absolute Gasteiger partial charge is 0.323 e. The molecule has 0 amide bonds. The van der Waals surface area contributed by atoms with Crippen molar-refractivity contribution in [2.75, 3.05) is 5.75 Å². The van der Waals surface area contributed by atoms with E-state index in [0.29, 0.717) is 0 Å². The molecular weight excluding hydrogens is 259 g/mol. The van der Waals surface area contributed by atoms with Crippen LogP contribution >= 0.6 is 11.8 Å². The lowest BCUT2D eigenvalue weighted by atomic mass is 9.90. The molecule has 2 N–H and O–H groups in total. The number of hydrogen-bond donors (Lipinski definition) is 1. The van der Waals surface area contributed by atoms with Gasteiger partial charge in [0.1, 0.15) is 0 Å². The third kappa shape index (κ3) is 2.67. The Kier molecular flexibility index (Phi) is 3.65. The summed E-state index contributed by atoms with van der Waals surface area (Å²) in [5, 5.41) is 0. The third-order valence-electron chi connectivity index (χ3n) is 3.50. The van der Waals surface area contributed by atoms with Crippen molar-refractivity contribution in [2.24, 2.45) is 5.73 Å². The molecule has 1 saturated heterocycles. The van der Waals surface area contributed by atoms with Gasteiger partial charge in [-0.25, -0.2) is 0 Å². The summed E-state index contributed by atoms with van der Waals surface area (Å²) in [5.74, 6) is 1.07. The van der Waals surface area contributed by atoms with Crippen LogP contribution in [0.4, 0.5) is 13.2 Å². The second-order valence-corrected chi connectivity index (χ2v) is 6.49. The molecule has 1 heterocycles. The van der Waals surface area contributed by atoms with Gasteiger partial charge in [0.05, 0.1) is 5.56 Å². The predicted molar refractivity (Wildman–Crippen MR) is 68.5 cm³/mol. The molecule has 1 aliphatic rings. The van der Waals surface area contributed by atoms with Gasteiger partial charge < -0.3 is 5.73 Å². The Morgan fingerprint density at radius 1 is 1.28 bits per heavy atom. The van der Waals surface area contributed by atoms with E-state index >= 15 is 0 Å². The second kappa shape index (κ2) is 4.78. The summed E-state index contributed by atoms with van der Waals surface area (Å²) in [6, 6.07) is 5.00. The first-order valence-corrected chi connectivity index (χ1v) is 6.88. The third-order valence-corrected chi connectivity index (χ3v) is 5.11. The molecule has 0 bridgehead atoms. The lowest BCUT2D eigenvalue weighted by Gasteiger charge is -2.30. The minimum atomic E-state index is -4.28. The summed E-state index contributed by atoms with van der Waals surface area (Å²) in [6.07, 6.45) is -2.15. The average Bonchev–Trinajstić information content (AvgIpc) is 2.75. The Morgan fingerprint density at radius 3 is 2.33 bits per heavy atom. The lowest BCUT2D eigenvalue weighted by Crippen LogP contribution is -2.33. The first-order valence-electron chi connectivity index (χ1n) is 5.90. The Bertz CT molecular complexity index is 407. The Balaban J connectivity index is 2.19. The molecule has 1 nitrogen and oxygen atoms in total. The minimum absolute atomic E-state index is 0.0558. The summed E-state index contributed by atoms with van der Waals surface area (Å²) in [4.78, 5) is 0. The highest BCUT2D eigenvalue weighted by atomic mass is 32.2. The van der Waals surface area contributed by atoms with Crippen molar-refractivity contribution in [1.82, 2.24) is 0 Å². The van der Waals surface area contributed by atoms with Crippen LogP contribution in [-0.4, -0.2) is 10.5 Å². The first kappa shape index (κ1) is 13.7. The summed E-state index contributed by atoms with van der Waals surface area (Å²) in [5.41, 5.74) is 6.35. The maximum atomic E-state index is 12.5. The van der Waals surface area contributed by atoms with Crippen molar-refractivity contribution in [3.05, 3.63) is 35.4 Å². The van der Waals surface area contributed by atoms with E-state index in [2.05, 4.69) is 6.92 Å². The number of hydrogen-bond acceptors (Lipinski definition) is 2. The molecule has 100 valence electrons. The van der Waals surface area contributed by atoms with E-state index in [9.17, 15) is 13.2 Å². The van der Waals surface area contributed by atoms with Gasteiger partial charge in [0.25, 0.3) is 0 Å². The molecule has 0 saturated carbocycles. The molecule has 0 aliphatic carbocycles. The molecule has 2 unspecified atom stereocenters. The molecule has 0 spiro atoms. The molecule has 18 heavy (non-hydrogen) atoms. The molecule has 1 aromatic carbocycles. The Hall–Kier alpha value is -0.680. The number of thioether (sulfide) groups is 1. The fraction of sp³-hybridized carbons (Fsp3) is 0.538. The highest BCUT2D eigenvalue weighted by Gasteiger charge is 2.37. The van der Waals surface area contributed by atoms with E-state index in [1.807, 2.05) is 11.8 Å². The molecule has 2 rings (SSSR count). The zero-order chi connectivity index (χ0) is 13.4. The fourth-order valence-electron chi connectivity index (χ4n) is 2.28. The van der Waals surface area contributed by atoms with E-state index < -0.39 is 11.7 Å². The van der Waals surface area contributed by atoms with Gasteiger partial charge in [-0.1, -0.05) is 12.1 Å². The highest BCUT2D eigenvalue weighted by Crippen LogP contribution is 2.45. The zero-order valence-corrected chi connectivity index (χ0v) is 10.9. The fourth-order valence-corrected chi connectivity index (χ4v) is 3.64. The van der Waals surface area contributed by atoms with Crippen molar-refractivity contribution in [3.63, 3.8) is 0 Å². The van der Waals surface area contributed by atoms with E-state index in [-0.39, 0.29) is 10.8 Å². The van der Waals surface area contributed by atoms with Gasteiger partial charge in [-0.2, -0.15) is 24.9 Å². The van der Waals surface area contributed by atoms with Crippen LogP contribution in [0.3, 0.4) is 0 Å². The number of benzene rings is 1. The zero-order valence-electron chi connectivity index (χ0n) is 10.1. The molecule has 0 radical (unpaired) electrons. The largest absolute Gasteiger partial charge is 0.416 e. The summed E-state index contributed by atoms with van der Waals surface area (Å²) in [7, 11) is 0. The minimum Gasteiger partial charge on any atom is -0.323 e. The summed E-state index contributed by atoms with van der Waals surface area (Å²) < 4.78 is 37.3. The number of nitrogens with two attached hydrogens (primary N) is 1. The van der Waals surface area contributed by atoms with Crippen molar-refractivity contribution >= 4 is 11.8 Å². The van der Waals surface area contributed by atoms with Crippen LogP contribution in [0, 0.1) is 0 Å². The Labute approximate surface area is 109 Å². The second-order valence-electron chi connectivity index (χ2n) is 4.86. The lowest BCUT2D eigenvalue weighted by molar-refractivity contribution is -0.137. The van der Waals surface area contributed by atoms with Gasteiger partial charge >= 0.3 is 6.18 Å². The van der Waals surface area contributed by atoms with Gasteiger partial charge in [-0.3, -0.25) is 0 Å². The van der Waals surface area contributed by atoms with Crippen LogP contribution < -0.4 is 5.73 Å². The van der Waals surface area contributed by atoms with Crippen LogP contribution in [0.15, 0.2) is 24.3 Å². The van der Waals surface area contributed by atoms with Crippen molar-refractivity contribution in [3.8, 4) is 0 Å². The standard InChI is InChI=1S/C13H16F3NS/c1-12(7-2-8-18-12)11(17)9-3-5-10(6-4-9)13(14,15)16/h3-6,11H,2,7-8,17H2,1H3. The molecule has 1 aromatic rings. The molecular formula is C13H16F3NS. The molecule has 1 aliphatic heterocycles. The van der Waals surface area contributed by atoms with E-state index in [4.69, 9.17) is 5.73 Å². The maximum absolute atomic E-state index is 12.5. The highest BCUT2D eigenvalue weighted by molar-refractivity contribution is 8.00. The SMILES string of the molecule is CC1(C(N)c2ccc(C(F)(F)F)cc2)CCCS1. The van der Waals surface area contributed by atoms with Crippen LogP contribution in [0.5, 0.6) is 0 Å². The van der Waals surface area contributed by atoms with Gasteiger partial charge in [-0.15, -0.1) is 0 Å². The number of alkyl halides is 3. The Morgan fingerprint density at radius 2 is 1.89 bits per heavy atom. The summed E-state index contributed by atoms with van der Waals surface area (Å²) in [6.45, 7) is 2.09. The van der Waals surface area contributed by atoms with Crippen molar-refractivity contribution in [1.29, 1.82) is 0 Å².